The number of aromatic nitrogens is 1. The van der Waals surface area contributed by atoms with Crippen molar-refractivity contribution in [2.45, 2.75) is 18.2 Å². The van der Waals surface area contributed by atoms with Crippen molar-refractivity contribution >= 4 is 31.9 Å². The fourth-order valence-corrected chi connectivity index (χ4v) is 2.55. The first-order valence-electron chi connectivity index (χ1n) is 5.47. The molecule has 0 aliphatic carbocycles. The molecule has 88 valence electrons. The molecule has 1 nitrogen and oxygen atoms in total. The lowest BCUT2D eigenvalue weighted by Crippen LogP contribution is -1.97. The van der Waals surface area contributed by atoms with Crippen LogP contribution < -0.4 is 0 Å². The number of halogens is 2. The summed E-state index contributed by atoms with van der Waals surface area (Å²) in [6.45, 7) is 2.11. The lowest BCUT2D eigenvalue weighted by molar-refractivity contribution is 0.903. The van der Waals surface area contributed by atoms with Gasteiger partial charge in [0.05, 0.1) is 0 Å². The van der Waals surface area contributed by atoms with E-state index in [1.54, 1.807) is 0 Å². The third-order valence-corrected chi connectivity index (χ3v) is 4.40. The van der Waals surface area contributed by atoms with E-state index in [-0.39, 0.29) is 0 Å². The van der Waals surface area contributed by atoms with E-state index in [1.165, 1.54) is 11.1 Å². The molecule has 0 aliphatic heterocycles. The van der Waals surface area contributed by atoms with Gasteiger partial charge in [0.15, 0.2) is 0 Å². The summed E-state index contributed by atoms with van der Waals surface area (Å²) in [5.74, 6) is 0. The second-order valence-corrected chi connectivity index (χ2v) is 5.96. The van der Waals surface area contributed by atoms with Gasteiger partial charge in [-0.25, -0.2) is 0 Å². The van der Waals surface area contributed by atoms with Gasteiger partial charge in [0.2, 0.25) is 0 Å². The minimum Gasteiger partial charge on any atom is -0.261 e. The Morgan fingerprint density at radius 3 is 2.71 bits per heavy atom. The molecule has 0 radical (unpaired) electrons. The van der Waals surface area contributed by atoms with Crippen molar-refractivity contribution < 1.29 is 0 Å². The summed E-state index contributed by atoms with van der Waals surface area (Å²) in [6.07, 6.45) is 2.74. The molecule has 1 unspecified atom stereocenters. The zero-order chi connectivity index (χ0) is 12.3. The number of benzene rings is 1. The second kappa shape index (κ2) is 5.78. The lowest BCUT2D eigenvalue weighted by atomic mass is 10.1. The van der Waals surface area contributed by atoms with Crippen molar-refractivity contribution in [3.63, 3.8) is 0 Å². The van der Waals surface area contributed by atoms with Crippen molar-refractivity contribution in [2.24, 2.45) is 0 Å². The van der Waals surface area contributed by atoms with E-state index in [0.717, 1.165) is 16.6 Å². The first-order chi connectivity index (χ1) is 8.16. The topological polar surface area (TPSA) is 12.9 Å². The van der Waals surface area contributed by atoms with Crippen LogP contribution in [0.1, 0.15) is 21.6 Å². The summed E-state index contributed by atoms with van der Waals surface area (Å²) in [5, 5.41) is 0. The second-order valence-electron chi connectivity index (χ2n) is 4.00. The third-order valence-electron chi connectivity index (χ3n) is 2.66. The van der Waals surface area contributed by atoms with E-state index in [4.69, 9.17) is 0 Å². The van der Waals surface area contributed by atoms with E-state index in [0.29, 0.717) is 4.83 Å². The first kappa shape index (κ1) is 12.8. The molecule has 17 heavy (non-hydrogen) atoms. The summed E-state index contributed by atoms with van der Waals surface area (Å²) in [5.41, 5.74) is 3.65. The Labute approximate surface area is 119 Å². The summed E-state index contributed by atoms with van der Waals surface area (Å²) < 4.78 is 1.15. The minimum atomic E-state index is 0.309. The van der Waals surface area contributed by atoms with Crippen LogP contribution in [0.15, 0.2) is 47.1 Å². The van der Waals surface area contributed by atoms with Crippen molar-refractivity contribution in [3.8, 4) is 0 Å². The quantitative estimate of drug-likeness (QED) is 0.719. The summed E-state index contributed by atoms with van der Waals surface area (Å²) in [6, 6.07) is 12.5. The molecule has 2 rings (SSSR count). The van der Waals surface area contributed by atoms with Gasteiger partial charge in [0, 0.05) is 27.6 Å². The van der Waals surface area contributed by atoms with Crippen molar-refractivity contribution in [1.82, 2.24) is 4.98 Å². The number of pyridine rings is 1. The Kier molecular flexibility index (Phi) is 4.35. The van der Waals surface area contributed by atoms with Crippen LogP contribution in [0.2, 0.25) is 0 Å². The number of hydrogen-bond donors (Lipinski definition) is 0. The molecule has 0 aliphatic rings. The van der Waals surface area contributed by atoms with Crippen LogP contribution in [0.25, 0.3) is 0 Å². The SMILES string of the molecule is Cc1cc(C(Br)Cc2ccccn2)ccc1Br. The normalized spacial score (nSPS) is 12.4. The van der Waals surface area contributed by atoms with Crippen LogP contribution in [-0.2, 0) is 6.42 Å². The molecule has 1 heterocycles. The molecule has 0 saturated carbocycles. The van der Waals surface area contributed by atoms with Gasteiger partial charge in [-0.15, -0.1) is 0 Å². The van der Waals surface area contributed by atoms with E-state index in [9.17, 15) is 0 Å². The highest BCUT2D eigenvalue weighted by atomic mass is 79.9. The maximum atomic E-state index is 4.34. The van der Waals surface area contributed by atoms with E-state index >= 15 is 0 Å². The minimum absolute atomic E-state index is 0.309. The fraction of sp³-hybridized carbons (Fsp3) is 0.214. The molecule has 3 heteroatoms. The fourth-order valence-electron chi connectivity index (χ4n) is 1.68. The Balaban J connectivity index is 2.14. The molecule has 1 aromatic heterocycles. The molecule has 0 saturated heterocycles. The molecule has 0 amide bonds. The predicted octanol–water partition coefficient (Wildman–Crippen LogP) is 4.83. The zero-order valence-electron chi connectivity index (χ0n) is 9.53. The van der Waals surface area contributed by atoms with Gasteiger partial charge in [0.1, 0.15) is 0 Å². The van der Waals surface area contributed by atoms with Crippen LogP contribution in [-0.4, -0.2) is 4.98 Å². The summed E-state index contributed by atoms with van der Waals surface area (Å²) in [4.78, 5) is 4.65. The number of nitrogens with zero attached hydrogens (tertiary/aromatic N) is 1. The maximum absolute atomic E-state index is 4.34. The molecule has 0 N–H and O–H groups in total. The van der Waals surface area contributed by atoms with Crippen LogP contribution in [0.4, 0.5) is 0 Å². The molecule has 0 fully saturated rings. The maximum Gasteiger partial charge on any atom is 0.0450 e. The highest BCUT2D eigenvalue weighted by molar-refractivity contribution is 9.10. The largest absolute Gasteiger partial charge is 0.261 e. The number of alkyl halides is 1. The van der Waals surface area contributed by atoms with E-state index in [2.05, 4.69) is 68.0 Å². The summed E-state index contributed by atoms with van der Waals surface area (Å²) in [7, 11) is 0. The van der Waals surface area contributed by atoms with Gasteiger partial charge in [-0.1, -0.05) is 50.1 Å². The van der Waals surface area contributed by atoms with Crippen molar-refractivity contribution in [3.05, 3.63) is 63.9 Å². The highest BCUT2D eigenvalue weighted by Crippen LogP contribution is 2.29. The molecular weight excluding hydrogens is 342 g/mol. The first-order valence-corrected chi connectivity index (χ1v) is 7.17. The van der Waals surface area contributed by atoms with Gasteiger partial charge in [-0.2, -0.15) is 0 Å². The third kappa shape index (κ3) is 3.39. The number of aryl methyl sites for hydroxylation is 1. The number of rotatable bonds is 3. The molecular formula is C14H13Br2N. The van der Waals surface area contributed by atoms with Crippen LogP contribution >= 0.6 is 31.9 Å². The molecule has 1 aromatic carbocycles. The molecule has 0 bridgehead atoms. The highest BCUT2D eigenvalue weighted by Gasteiger charge is 2.10. The van der Waals surface area contributed by atoms with Gasteiger partial charge in [-0.05, 0) is 36.2 Å². The summed E-state index contributed by atoms with van der Waals surface area (Å²) >= 11 is 7.24. The Hall–Kier alpha value is -0.670. The Bertz CT molecular complexity index is 497. The van der Waals surface area contributed by atoms with Crippen LogP contribution in [0.3, 0.4) is 0 Å². The van der Waals surface area contributed by atoms with Crippen molar-refractivity contribution in [2.75, 3.05) is 0 Å². The smallest absolute Gasteiger partial charge is 0.0450 e. The zero-order valence-corrected chi connectivity index (χ0v) is 12.7. The molecule has 0 spiro atoms. The Morgan fingerprint density at radius 2 is 2.06 bits per heavy atom. The van der Waals surface area contributed by atoms with Crippen LogP contribution in [0.5, 0.6) is 0 Å². The lowest BCUT2D eigenvalue weighted by Gasteiger charge is -2.11. The predicted molar refractivity (Wildman–Crippen MR) is 78.5 cm³/mol. The average Bonchev–Trinajstić information content (AvgIpc) is 2.34. The average molecular weight is 355 g/mol. The molecule has 1 atom stereocenters. The molecule has 2 aromatic rings. The van der Waals surface area contributed by atoms with Gasteiger partial charge in [0.25, 0.3) is 0 Å². The standard InChI is InChI=1S/C14H13Br2N/c1-10-8-11(5-6-13(10)15)14(16)9-12-4-2-3-7-17-12/h2-8,14H,9H2,1H3. The van der Waals surface area contributed by atoms with E-state index < -0.39 is 0 Å². The van der Waals surface area contributed by atoms with Gasteiger partial charge in [-0.3, -0.25) is 4.98 Å². The van der Waals surface area contributed by atoms with Gasteiger partial charge < -0.3 is 0 Å². The van der Waals surface area contributed by atoms with Gasteiger partial charge >= 0.3 is 0 Å². The van der Waals surface area contributed by atoms with E-state index in [1.807, 2.05) is 18.3 Å². The van der Waals surface area contributed by atoms with Crippen LogP contribution in [0, 0.1) is 6.92 Å². The number of hydrogen-bond acceptors (Lipinski definition) is 1. The van der Waals surface area contributed by atoms with Crippen molar-refractivity contribution in [1.29, 1.82) is 0 Å². The monoisotopic (exact) mass is 353 g/mol. The Morgan fingerprint density at radius 1 is 1.24 bits per heavy atom.